The smallest absolute Gasteiger partial charge is 0.341 e. The molecule has 0 saturated carbocycles. The first kappa shape index (κ1) is 25.4. The number of rotatable bonds is 8. The van der Waals surface area contributed by atoms with Crippen LogP contribution < -0.4 is 10.1 Å². The Labute approximate surface area is 217 Å². The summed E-state index contributed by atoms with van der Waals surface area (Å²) in [5.41, 5.74) is 2.25. The van der Waals surface area contributed by atoms with Crippen molar-refractivity contribution >= 4 is 68.5 Å². The summed E-state index contributed by atoms with van der Waals surface area (Å²) < 4.78 is 11.0. The molecule has 1 saturated heterocycles. The average molecular weight is 531 g/mol. The SMILES string of the molecule is CCOC(=O)c1c(NC(=O)CN2C(=O)C(=Cc3ccc(OCC)cc3)SC2=S)sc2c1CCCC2. The minimum absolute atomic E-state index is 0.226. The zero-order chi connectivity index (χ0) is 24.9. The number of anilines is 1. The number of fused-ring (bicyclic) bond motifs is 1. The molecule has 10 heteroatoms. The van der Waals surface area contributed by atoms with Crippen LogP contribution in [0.15, 0.2) is 29.2 Å². The highest BCUT2D eigenvalue weighted by molar-refractivity contribution is 8.26. The Kier molecular flexibility index (Phi) is 8.25. The molecule has 0 bridgehead atoms. The Morgan fingerprint density at radius 1 is 1.14 bits per heavy atom. The fraction of sp³-hybridized carbons (Fsp3) is 0.360. The van der Waals surface area contributed by atoms with Crippen LogP contribution in [-0.4, -0.2) is 46.8 Å². The molecule has 184 valence electrons. The number of nitrogens with zero attached hydrogens (tertiary/aromatic N) is 1. The molecule has 0 unspecified atom stereocenters. The van der Waals surface area contributed by atoms with Crippen molar-refractivity contribution in [2.75, 3.05) is 25.1 Å². The Morgan fingerprint density at radius 2 is 1.89 bits per heavy atom. The number of carbonyl (C=O) groups excluding carboxylic acids is 3. The largest absolute Gasteiger partial charge is 0.494 e. The topological polar surface area (TPSA) is 84.9 Å². The van der Waals surface area contributed by atoms with Gasteiger partial charge >= 0.3 is 5.97 Å². The van der Waals surface area contributed by atoms with E-state index in [4.69, 9.17) is 21.7 Å². The number of ether oxygens (including phenoxy) is 2. The van der Waals surface area contributed by atoms with Crippen LogP contribution >= 0.6 is 35.3 Å². The van der Waals surface area contributed by atoms with Crippen molar-refractivity contribution in [3.8, 4) is 5.75 Å². The van der Waals surface area contributed by atoms with Gasteiger partial charge in [-0.3, -0.25) is 14.5 Å². The zero-order valence-corrected chi connectivity index (χ0v) is 22.0. The van der Waals surface area contributed by atoms with Crippen LogP contribution in [0.25, 0.3) is 6.08 Å². The first-order chi connectivity index (χ1) is 16.9. The molecule has 0 spiro atoms. The molecule has 1 aliphatic heterocycles. The van der Waals surface area contributed by atoms with Gasteiger partial charge in [-0.15, -0.1) is 11.3 Å². The van der Waals surface area contributed by atoms with E-state index in [0.29, 0.717) is 26.4 Å². The van der Waals surface area contributed by atoms with Gasteiger partial charge in [0, 0.05) is 4.88 Å². The number of hydrogen-bond acceptors (Lipinski definition) is 8. The highest BCUT2D eigenvalue weighted by Crippen LogP contribution is 2.39. The second kappa shape index (κ2) is 11.4. The van der Waals surface area contributed by atoms with E-state index < -0.39 is 11.9 Å². The van der Waals surface area contributed by atoms with Gasteiger partial charge in [0.25, 0.3) is 5.91 Å². The number of amides is 2. The minimum atomic E-state index is -0.425. The molecule has 1 aliphatic carbocycles. The molecule has 35 heavy (non-hydrogen) atoms. The summed E-state index contributed by atoms with van der Waals surface area (Å²) in [5.74, 6) is -0.398. The number of thiophene rings is 1. The van der Waals surface area contributed by atoms with E-state index in [1.807, 2.05) is 31.2 Å². The average Bonchev–Trinajstić information content (AvgIpc) is 3.32. The van der Waals surface area contributed by atoms with Crippen molar-refractivity contribution in [1.82, 2.24) is 4.90 Å². The summed E-state index contributed by atoms with van der Waals surface area (Å²) in [7, 11) is 0. The molecule has 1 N–H and O–H groups in total. The first-order valence-corrected chi connectivity index (χ1v) is 13.5. The van der Waals surface area contributed by atoms with Gasteiger partial charge in [-0.2, -0.15) is 0 Å². The third-order valence-corrected chi connectivity index (χ3v) is 8.15. The number of aryl methyl sites for hydroxylation is 1. The normalized spacial score (nSPS) is 16.4. The van der Waals surface area contributed by atoms with Gasteiger partial charge in [0.05, 0.1) is 23.7 Å². The second-order valence-corrected chi connectivity index (χ2v) is 10.7. The highest BCUT2D eigenvalue weighted by atomic mass is 32.2. The van der Waals surface area contributed by atoms with Gasteiger partial charge in [-0.1, -0.05) is 36.1 Å². The highest BCUT2D eigenvalue weighted by Gasteiger charge is 2.34. The third kappa shape index (κ3) is 5.76. The maximum absolute atomic E-state index is 13.0. The van der Waals surface area contributed by atoms with Gasteiger partial charge in [0.2, 0.25) is 5.91 Å². The predicted molar refractivity (Wildman–Crippen MR) is 143 cm³/mol. The van der Waals surface area contributed by atoms with E-state index in [0.717, 1.165) is 59.2 Å². The molecule has 7 nitrogen and oxygen atoms in total. The van der Waals surface area contributed by atoms with Gasteiger partial charge < -0.3 is 14.8 Å². The Hall–Kier alpha value is -2.69. The lowest BCUT2D eigenvalue weighted by atomic mass is 9.95. The number of nitrogens with one attached hydrogen (secondary N) is 1. The summed E-state index contributed by atoms with van der Waals surface area (Å²) in [5, 5.41) is 3.32. The Morgan fingerprint density at radius 3 is 2.60 bits per heavy atom. The van der Waals surface area contributed by atoms with E-state index in [1.54, 1.807) is 13.0 Å². The summed E-state index contributed by atoms with van der Waals surface area (Å²) in [6.07, 6.45) is 5.48. The lowest BCUT2D eigenvalue weighted by Crippen LogP contribution is -2.36. The minimum Gasteiger partial charge on any atom is -0.494 e. The van der Waals surface area contributed by atoms with Crippen molar-refractivity contribution in [3.63, 3.8) is 0 Å². The van der Waals surface area contributed by atoms with E-state index in [-0.39, 0.29) is 19.1 Å². The molecular formula is C25H26N2O5S3. The zero-order valence-electron chi connectivity index (χ0n) is 19.5. The van der Waals surface area contributed by atoms with Crippen LogP contribution in [0, 0.1) is 0 Å². The van der Waals surface area contributed by atoms with Gasteiger partial charge in [-0.05, 0) is 68.9 Å². The van der Waals surface area contributed by atoms with Crippen molar-refractivity contribution in [2.45, 2.75) is 39.5 Å². The fourth-order valence-corrected chi connectivity index (χ4v) is 6.55. The van der Waals surface area contributed by atoms with Crippen molar-refractivity contribution in [2.24, 2.45) is 0 Å². The number of thiocarbonyl (C=S) groups is 1. The van der Waals surface area contributed by atoms with Crippen molar-refractivity contribution in [1.29, 1.82) is 0 Å². The molecule has 0 radical (unpaired) electrons. The maximum atomic E-state index is 13.0. The van der Waals surface area contributed by atoms with E-state index in [2.05, 4.69) is 5.32 Å². The monoisotopic (exact) mass is 530 g/mol. The Balaban J connectivity index is 1.47. The van der Waals surface area contributed by atoms with Crippen LogP contribution in [0.3, 0.4) is 0 Å². The molecule has 1 fully saturated rings. The van der Waals surface area contributed by atoms with Crippen LogP contribution in [-0.2, 0) is 27.2 Å². The third-order valence-electron chi connectivity index (χ3n) is 5.57. The molecule has 2 amide bonds. The number of benzene rings is 1. The van der Waals surface area contributed by atoms with Crippen molar-refractivity contribution < 1.29 is 23.9 Å². The first-order valence-electron chi connectivity index (χ1n) is 11.5. The molecule has 2 heterocycles. The van der Waals surface area contributed by atoms with Crippen LogP contribution in [0.2, 0.25) is 0 Å². The summed E-state index contributed by atoms with van der Waals surface area (Å²) >= 11 is 7.95. The molecule has 1 aromatic heterocycles. The number of thioether (sulfide) groups is 1. The summed E-state index contributed by atoms with van der Waals surface area (Å²) in [6, 6.07) is 7.40. The second-order valence-electron chi connectivity index (χ2n) is 7.95. The number of esters is 1. The maximum Gasteiger partial charge on any atom is 0.341 e. The molecule has 0 atom stereocenters. The standard InChI is InChI=1S/C25H26N2O5S3/c1-3-31-16-11-9-15(10-12-16)13-19-23(29)27(25(33)35-19)14-20(28)26-22-21(24(30)32-4-2)17-7-5-6-8-18(17)34-22/h9-13H,3-8,14H2,1-2H3,(H,26,28). The molecule has 2 aliphatic rings. The fourth-order valence-electron chi connectivity index (χ4n) is 4.00. The molecule has 2 aromatic rings. The molecular weight excluding hydrogens is 504 g/mol. The van der Waals surface area contributed by atoms with Gasteiger partial charge in [0.1, 0.15) is 21.6 Å². The van der Waals surface area contributed by atoms with E-state index in [9.17, 15) is 14.4 Å². The van der Waals surface area contributed by atoms with Crippen molar-refractivity contribution in [3.05, 3.63) is 50.7 Å². The lowest BCUT2D eigenvalue weighted by Gasteiger charge is -2.14. The quantitative estimate of drug-likeness (QED) is 0.291. The molecule has 4 rings (SSSR count). The van der Waals surface area contributed by atoms with E-state index in [1.165, 1.54) is 16.2 Å². The predicted octanol–water partition coefficient (Wildman–Crippen LogP) is 5.04. The summed E-state index contributed by atoms with van der Waals surface area (Å²) in [4.78, 5) is 41.4. The summed E-state index contributed by atoms with van der Waals surface area (Å²) in [6.45, 7) is 4.28. The van der Waals surface area contributed by atoms with Gasteiger partial charge in [0.15, 0.2) is 0 Å². The number of carbonyl (C=O) groups is 3. The lowest BCUT2D eigenvalue weighted by molar-refractivity contribution is -0.126. The van der Waals surface area contributed by atoms with Crippen LogP contribution in [0.1, 0.15) is 53.1 Å². The van der Waals surface area contributed by atoms with Crippen LogP contribution in [0.5, 0.6) is 5.75 Å². The molecule has 1 aromatic carbocycles. The number of hydrogen-bond donors (Lipinski definition) is 1. The Bertz CT molecular complexity index is 1190. The van der Waals surface area contributed by atoms with Gasteiger partial charge in [-0.25, -0.2) is 4.79 Å². The van der Waals surface area contributed by atoms with E-state index >= 15 is 0 Å². The van der Waals surface area contributed by atoms with Crippen LogP contribution in [0.4, 0.5) is 5.00 Å².